The van der Waals surface area contributed by atoms with E-state index in [0.717, 1.165) is 5.56 Å². The molecule has 0 aliphatic rings. The topological polar surface area (TPSA) is 57.8 Å². The van der Waals surface area contributed by atoms with Crippen LogP contribution in [-0.2, 0) is 6.54 Å². The van der Waals surface area contributed by atoms with Gasteiger partial charge in [0.2, 0.25) is 0 Å². The van der Waals surface area contributed by atoms with Crippen molar-refractivity contribution < 1.29 is 0 Å². The van der Waals surface area contributed by atoms with E-state index in [1.807, 2.05) is 30.3 Å². The SMILES string of the molecule is O=c1nccc([15NH]Cc2ccccc2)[nH]1. The van der Waals surface area contributed by atoms with Gasteiger partial charge in [-0.05, 0) is 11.6 Å². The number of hydrogen-bond donors (Lipinski definition) is 2. The molecule has 1 aromatic carbocycles. The quantitative estimate of drug-likeness (QED) is 0.739. The molecular weight excluding hydrogens is 191 g/mol. The van der Waals surface area contributed by atoms with Crippen LogP contribution in [0.2, 0.25) is 0 Å². The highest BCUT2D eigenvalue weighted by molar-refractivity contribution is 5.33. The molecule has 0 atom stereocenters. The van der Waals surface area contributed by atoms with Crippen LogP contribution in [0.25, 0.3) is 0 Å². The van der Waals surface area contributed by atoms with Crippen LogP contribution in [0.5, 0.6) is 0 Å². The van der Waals surface area contributed by atoms with Crippen molar-refractivity contribution in [1.29, 1.82) is 0 Å². The summed E-state index contributed by atoms with van der Waals surface area (Å²) in [5, 5.41) is 3.11. The first-order valence-corrected chi connectivity index (χ1v) is 4.68. The van der Waals surface area contributed by atoms with Gasteiger partial charge < -0.3 is 5.32 Å². The number of benzene rings is 1. The summed E-state index contributed by atoms with van der Waals surface area (Å²) >= 11 is 0. The van der Waals surface area contributed by atoms with E-state index in [1.54, 1.807) is 6.07 Å². The molecule has 0 spiro atoms. The molecule has 0 radical (unpaired) electrons. The molecular formula is C11H11N3O. The Hall–Kier alpha value is -2.10. The van der Waals surface area contributed by atoms with Crippen LogP contribution in [-0.4, -0.2) is 9.97 Å². The van der Waals surface area contributed by atoms with E-state index in [-0.39, 0.29) is 5.69 Å². The van der Waals surface area contributed by atoms with Crippen LogP contribution in [0.1, 0.15) is 5.56 Å². The number of aromatic amines is 1. The molecule has 15 heavy (non-hydrogen) atoms. The fraction of sp³-hybridized carbons (Fsp3) is 0.0909. The predicted molar refractivity (Wildman–Crippen MR) is 58.6 cm³/mol. The van der Waals surface area contributed by atoms with Gasteiger partial charge in [-0.3, -0.25) is 4.98 Å². The smallest absolute Gasteiger partial charge is 0.346 e. The summed E-state index contributed by atoms with van der Waals surface area (Å²) in [6.07, 6.45) is 1.48. The number of nitrogens with zero attached hydrogens (tertiary/aromatic N) is 1. The Balaban J connectivity index is 2.02. The Morgan fingerprint density at radius 3 is 2.73 bits per heavy atom. The second-order valence-electron chi connectivity index (χ2n) is 3.13. The molecule has 0 saturated carbocycles. The van der Waals surface area contributed by atoms with Gasteiger partial charge >= 0.3 is 5.69 Å². The fourth-order valence-corrected chi connectivity index (χ4v) is 1.26. The number of rotatable bonds is 3. The molecule has 2 N–H and O–H groups in total. The van der Waals surface area contributed by atoms with Crippen molar-refractivity contribution >= 4 is 5.82 Å². The van der Waals surface area contributed by atoms with Gasteiger partial charge in [-0.15, -0.1) is 0 Å². The van der Waals surface area contributed by atoms with Gasteiger partial charge in [-0.25, -0.2) is 9.78 Å². The minimum Gasteiger partial charge on any atom is -0.367 e. The summed E-state index contributed by atoms with van der Waals surface area (Å²) in [5.74, 6) is 0.679. The molecule has 0 unspecified atom stereocenters. The van der Waals surface area contributed by atoms with Crippen LogP contribution >= 0.6 is 0 Å². The van der Waals surface area contributed by atoms with Gasteiger partial charge in [0.1, 0.15) is 5.82 Å². The molecule has 2 rings (SSSR count). The summed E-state index contributed by atoms with van der Waals surface area (Å²) in [6, 6.07) is 11.7. The van der Waals surface area contributed by atoms with Gasteiger partial charge in [-0.1, -0.05) is 30.3 Å². The zero-order valence-corrected chi connectivity index (χ0v) is 8.10. The van der Waals surface area contributed by atoms with E-state index in [0.29, 0.717) is 12.4 Å². The highest BCUT2D eigenvalue weighted by Crippen LogP contribution is 2.02. The van der Waals surface area contributed by atoms with Crippen LogP contribution < -0.4 is 11.0 Å². The third kappa shape index (κ3) is 2.67. The zero-order chi connectivity index (χ0) is 10.5. The van der Waals surface area contributed by atoms with Gasteiger partial charge in [0.05, 0.1) is 0 Å². The maximum absolute atomic E-state index is 10.9. The summed E-state index contributed by atoms with van der Waals surface area (Å²) in [6.45, 7) is 0.681. The van der Waals surface area contributed by atoms with E-state index >= 15 is 0 Å². The van der Waals surface area contributed by atoms with Crippen molar-refractivity contribution in [2.24, 2.45) is 0 Å². The third-order valence-electron chi connectivity index (χ3n) is 2.00. The van der Waals surface area contributed by atoms with Crippen molar-refractivity contribution in [3.05, 3.63) is 58.6 Å². The van der Waals surface area contributed by atoms with Crippen LogP contribution in [0.4, 0.5) is 5.82 Å². The van der Waals surface area contributed by atoms with Crippen LogP contribution in [0.15, 0.2) is 47.4 Å². The number of hydrogen-bond acceptors (Lipinski definition) is 3. The average Bonchev–Trinajstić information content (AvgIpc) is 2.28. The van der Waals surface area contributed by atoms with E-state index in [2.05, 4.69) is 15.3 Å². The van der Waals surface area contributed by atoms with Crippen LogP contribution in [0.3, 0.4) is 0 Å². The minimum absolute atomic E-state index is 0.340. The van der Waals surface area contributed by atoms with Crippen molar-refractivity contribution in [3.63, 3.8) is 0 Å². The lowest BCUT2D eigenvalue weighted by molar-refractivity contribution is 1.04. The molecule has 4 heteroatoms. The van der Waals surface area contributed by atoms with Crippen molar-refractivity contribution in [2.45, 2.75) is 6.54 Å². The second-order valence-corrected chi connectivity index (χ2v) is 3.13. The Labute approximate surface area is 87.0 Å². The van der Waals surface area contributed by atoms with Crippen molar-refractivity contribution in [3.8, 4) is 0 Å². The van der Waals surface area contributed by atoms with Crippen molar-refractivity contribution in [2.75, 3.05) is 5.32 Å². The first kappa shape index (κ1) is 9.45. The lowest BCUT2D eigenvalue weighted by Gasteiger charge is -2.04. The third-order valence-corrected chi connectivity index (χ3v) is 2.00. The highest BCUT2D eigenvalue weighted by atomic mass is 16.1. The average molecular weight is 202 g/mol. The summed E-state index contributed by atoms with van der Waals surface area (Å²) in [7, 11) is 0. The van der Waals surface area contributed by atoms with Gasteiger partial charge in [0.25, 0.3) is 0 Å². The second kappa shape index (κ2) is 4.41. The van der Waals surface area contributed by atoms with E-state index in [1.165, 1.54) is 6.20 Å². The maximum Gasteiger partial charge on any atom is 0.346 e. The number of nitrogens with one attached hydrogen (secondary N) is 2. The largest absolute Gasteiger partial charge is 0.367 e. The number of aromatic nitrogens is 2. The van der Waals surface area contributed by atoms with Crippen molar-refractivity contribution in [1.82, 2.24) is 9.97 Å². The molecule has 0 aliphatic heterocycles. The number of H-pyrrole nitrogens is 1. The monoisotopic (exact) mass is 202 g/mol. The molecule has 1 heterocycles. The Bertz CT molecular complexity index is 478. The molecule has 0 amide bonds. The van der Waals surface area contributed by atoms with Crippen LogP contribution in [0, 0.1) is 0 Å². The predicted octanol–water partition coefficient (Wildman–Crippen LogP) is 1.38. The van der Waals surface area contributed by atoms with E-state index < -0.39 is 0 Å². The number of anilines is 1. The fourth-order valence-electron chi connectivity index (χ4n) is 1.26. The molecule has 0 saturated heterocycles. The minimum atomic E-state index is -0.340. The molecule has 2 aromatic rings. The first-order valence-electron chi connectivity index (χ1n) is 4.68. The molecule has 76 valence electrons. The summed E-state index contributed by atoms with van der Waals surface area (Å²) < 4.78 is 0. The zero-order valence-electron chi connectivity index (χ0n) is 8.10. The Kier molecular flexibility index (Phi) is 2.78. The Morgan fingerprint density at radius 2 is 2.00 bits per heavy atom. The van der Waals surface area contributed by atoms with E-state index in [4.69, 9.17) is 0 Å². The first-order chi connectivity index (χ1) is 7.34. The van der Waals surface area contributed by atoms with Gasteiger partial charge in [0, 0.05) is 12.7 Å². The molecule has 0 aliphatic carbocycles. The molecule has 1 aromatic heterocycles. The lowest BCUT2D eigenvalue weighted by Crippen LogP contribution is -2.12. The normalized spacial score (nSPS) is 9.87. The molecule has 4 nitrogen and oxygen atoms in total. The molecule has 0 fully saturated rings. The standard InChI is InChI=1S/C11H11N3O/c15-11-12-7-6-10(14-11)13-8-9-4-2-1-3-5-9/h1-7H,8H2,(H2,12,13,14,15)/i13+1. The Morgan fingerprint density at radius 1 is 1.20 bits per heavy atom. The summed E-state index contributed by atoms with van der Waals surface area (Å²) in [5.41, 5.74) is 0.822. The van der Waals surface area contributed by atoms with Gasteiger partial charge in [-0.2, -0.15) is 0 Å². The lowest BCUT2D eigenvalue weighted by atomic mass is 10.2. The van der Waals surface area contributed by atoms with Gasteiger partial charge in [0.15, 0.2) is 0 Å². The maximum atomic E-state index is 10.9. The summed E-state index contributed by atoms with van der Waals surface area (Å²) in [4.78, 5) is 17.0. The van der Waals surface area contributed by atoms with E-state index in [9.17, 15) is 4.79 Å². The highest BCUT2D eigenvalue weighted by Gasteiger charge is 1.93. The molecule has 0 bridgehead atoms.